The maximum absolute atomic E-state index is 6.60. The second-order valence-corrected chi connectivity index (χ2v) is 9.29. The fourth-order valence-corrected chi connectivity index (χ4v) is 4.39. The van der Waals surface area contributed by atoms with Gasteiger partial charge in [-0.2, -0.15) is 0 Å². The molecule has 170 valence electrons. The number of hydrogen-bond acceptors (Lipinski definition) is 1. The van der Waals surface area contributed by atoms with Crippen molar-refractivity contribution in [3.05, 3.63) is 35.4 Å². The second kappa shape index (κ2) is 18.7. The zero-order valence-electron chi connectivity index (χ0n) is 19.8. The maximum atomic E-state index is 6.60. The molecule has 0 aliphatic heterocycles. The average Bonchev–Trinajstić information content (AvgIpc) is 2.68. The Morgan fingerprint density at radius 2 is 1.03 bits per heavy atom. The van der Waals surface area contributed by atoms with Crippen molar-refractivity contribution in [3.63, 3.8) is 0 Å². The molecule has 0 aliphatic carbocycles. The first kappa shape index (κ1) is 28.9. The molecule has 1 aromatic rings. The lowest BCUT2D eigenvalue weighted by molar-refractivity contribution is 0.418. The molecule has 0 fully saturated rings. The summed E-state index contributed by atoms with van der Waals surface area (Å²) in [7, 11) is 0. The van der Waals surface area contributed by atoms with E-state index in [9.17, 15) is 0 Å². The van der Waals surface area contributed by atoms with Crippen LogP contribution in [0.2, 0.25) is 0 Å². The van der Waals surface area contributed by atoms with Crippen LogP contribution < -0.4 is 5.73 Å². The SMILES string of the molecule is CCCCCCCCCCCCCCCCCCC(C)(N)c1ccccc1C.I. The number of nitrogens with two attached hydrogens (primary N) is 1. The van der Waals surface area contributed by atoms with Crippen LogP contribution in [0.15, 0.2) is 24.3 Å². The first-order chi connectivity index (χ1) is 13.6. The Morgan fingerprint density at radius 3 is 1.45 bits per heavy atom. The predicted molar refractivity (Wildman–Crippen MR) is 142 cm³/mol. The Hall–Kier alpha value is -0.0900. The van der Waals surface area contributed by atoms with Gasteiger partial charge in [-0.25, -0.2) is 0 Å². The van der Waals surface area contributed by atoms with Gasteiger partial charge >= 0.3 is 0 Å². The van der Waals surface area contributed by atoms with Crippen molar-refractivity contribution in [2.75, 3.05) is 0 Å². The molecule has 29 heavy (non-hydrogen) atoms. The van der Waals surface area contributed by atoms with Gasteiger partial charge in [0.2, 0.25) is 0 Å². The van der Waals surface area contributed by atoms with Crippen LogP contribution in [0.5, 0.6) is 0 Å². The van der Waals surface area contributed by atoms with E-state index in [1.54, 1.807) is 0 Å². The normalized spacial score (nSPS) is 13.1. The van der Waals surface area contributed by atoms with Crippen LogP contribution in [0.3, 0.4) is 0 Å². The topological polar surface area (TPSA) is 26.0 Å². The second-order valence-electron chi connectivity index (χ2n) is 9.29. The summed E-state index contributed by atoms with van der Waals surface area (Å²) in [6.45, 7) is 6.66. The van der Waals surface area contributed by atoms with Gasteiger partial charge in [-0.05, 0) is 31.4 Å². The van der Waals surface area contributed by atoms with Gasteiger partial charge < -0.3 is 5.73 Å². The van der Waals surface area contributed by atoms with Crippen molar-refractivity contribution in [1.29, 1.82) is 0 Å². The first-order valence-corrected chi connectivity index (χ1v) is 12.4. The monoisotopic (exact) mass is 515 g/mol. The molecule has 0 aliphatic rings. The van der Waals surface area contributed by atoms with Crippen LogP contribution >= 0.6 is 24.0 Å². The Bertz CT molecular complexity index is 483. The van der Waals surface area contributed by atoms with E-state index in [-0.39, 0.29) is 29.5 Å². The van der Waals surface area contributed by atoms with Gasteiger partial charge in [0.25, 0.3) is 0 Å². The molecule has 1 atom stereocenters. The summed E-state index contributed by atoms with van der Waals surface area (Å²) in [6, 6.07) is 8.58. The molecule has 0 bridgehead atoms. The summed E-state index contributed by atoms with van der Waals surface area (Å²) in [5.41, 5.74) is 9.06. The molecule has 0 radical (unpaired) electrons. The minimum Gasteiger partial charge on any atom is -0.322 e. The summed E-state index contributed by atoms with van der Waals surface area (Å²) < 4.78 is 0. The summed E-state index contributed by atoms with van der Waals surface area (Å²) in [4.78, 5) is 0. The third-order valence-electron chi connectivity index (χ3n) is 6.31. The molecule has 2 N–H and O–H groups in total. The zero-order valence-corrected chi connectivity index (χ0v) is 22.1. The highest BCUT2D eigenvalue weighted by Gasteiger charge is 2.21. The predicted octanol–water partition coefficient (Wildman–Crippen LogP) is 9.44. The summed E-state index contributed by atoms with van der Waals surface area (Å²) in [5, 5.41) is 0. The van der Waals surface area contributed by atoms with Crippen molar-refractivity contribution < 1.29 is 0 Å². The van der Waals surface area contributed by atoms with E-state index in [4.69, 9.17) is 5.73 Å². The number of benzene rings is 1. The molecule has 1 unspecified atom stereocenters. The van der Waals surface area contributed by atoms with Gasteiger partial charge in [0.05, 0.1) is 0 Å². The van der Waals surface area contributed by atoms with Crippen LogP contribution in [-0.2, 0) is 5.54 Å². The number of unbranched alkanes of at least 4 members (excludes halogenated alkanes) is 15. The first-order valence-electron chi connectivity index (χ1n) is 12.4. The molecule has 1 rings (SSSR count). The van der Waals surface area contributed by atoms with Crippen LogP contribution in [0.1, 0.15) is 134 Å². The van der Waals surface area contributed by atoms with Crippen molar-refractivity contribution >= 4 is 24.0 Å². The molecule has 2 heteroatoms. The Labute approximate surface area is 200 Å². The van der Waals surface area contributed by atoms with E-state index in [0.717, 1.165) is 6.42 Å². The van der Waals surface area contributed by atoms with Crippen molar-refractivity contribution in [3.8, 4) is 0 Å². The van der Waals surface area contributed by atoms with Crippen LogP contribution in [0, 0.1) is 6.92 Å². The van der Waals surface area contributed by atoms with Crippen LogP contribution in [-0.4, -0.2) is 0 Å². The molecule has 0 spiro atoms. The lowest BCUT2D eigenvalue weighted by Gasteiger charge is -2.27. The fourth-order valence-electron chi connectivity index (χ4n) is 4.39. The van der Waals surface area contributed by atoms with Gasteiger partial charge in [-0.3, -0.25) is 0 Å². The molecule has 0 heterocycles. The van der Waals surface area contributed by atoms with Gasteiger partial charge in [0.15, 0.2) is 0 Å². The van der Waals surface area contributed by atoms with Crippen LogP contribution in [0.4, 0.5) is 0 Å². The molecule has 1 nitrogen and oxygen atoms in total. The lowest BCUT2D eigenvalue weighted by atomic mass is 9.85. The van der Waals surface area contributed by atoms with Gasteiger partial charge in [0.1, 0.15) is 0 Å². The molecule has 0 saturated heterocycles. The quantitative estimate of drug-likeness (QED) is 0.153. The highest BCUT2D eigenvalue weighted by molar-refractivity contribution is 14.0. The number of hydrogen-bond donors (Lipinski definition) is 1. The Morgan fingerprint density at radius 1 is 0.655 bits per heavy atom. The van der Waals surface area contributed by atoms with E-state index in [2.05, 4.69) is 45.0 Å². The van der Waals surface area contributed by atoms with E-state index >= 15 is 0 Å². The summed E-state index contributed by atoms with van der Waals surface area (Å²) >= 11 is 0. The highest BCUT2D eigenvalue weighted by atomic mass is 127. The van der Waals surface area contributed by atoms with Gasteiger partial charge in [-0.1, -0.05) is 134 Å². The van der Waals surface area contributed by atoms with Crippen molar-refractivity contribution in [1.82, 2.24) is 0 Å². The number of aryl methyl sites for hydroxylation is 1. The third-order valence-corrected chi connectivity index (χ3v) is 6.31. The minimum absolute atomic E-state index is 0. The smallest absolute Gasteiger partial charge is 0.0383 e. The average molecular weight is 516 g/mol. The molecular formula is C27H50IN. The summed E-state index contributed by atoms with van der Waals surface area (Å²) in [6.07, 6.45) is 23.8. The number of rotatable bonds is 18. The molecule has 0 aromatic heterocycles. The zero-order chi connectivity index (χ0) is 20.5. The molecule has 1 aromatic carbocycles. The van der Waals surface area contributed by atoms with E-state index in [1.165, 1.54) is 114 Å². The van der Waals surface area contributed by atoms with Crippen LogP contribution in [0.25, 0.3) is 0 Å². The van der Waals surface area contributed by atoms with Gasteiger partial charge in [-0.15, -0.1) is 24.0 Å². The number of halogens is 1. The largest absolute Gasteiger partial charge is 0.322 e. The Kier molecular flexibility index (Phi) is 18.6. The van der Waals surface area contributed by atoms with Crippen molar-refractivity contribution in [2.24, 2.45) is 5.73 Å². The standard InChI is InChI=1S/C27H49N.HI/c1-4-5-6-7-8-9-10-11-12-13-14-15-16-17-18-21-24-27(3,28)26-23-20-19-22-25(26)2;/h19-20,22-23H,4-18,21,24,28H2,1-3H3;1H. The minimum atomic E-state index is -0.179. The molecule has 0 saturated carbocycles. The van der Waals surface area contributed by atoms with E-state index in [0.29, 0.717) is 0 Å². The highest BCUT2D eigenvalue weighted by Crippen LogP contribution is 2.27. The van der Waals surface area contributed by atoms with E-state index in [1.807, 2.05) is 0 Å². The van der Waals surface area contributed by atoms with E-state index < -0.39 is 0 Å². The molecule has 0 amide bonds. The van der Waals surface area contributed by atoms with Gasteiger partial charge in [0, 0.05) is 5.54 Å². The third kappa shape index (κ3) is 14.5. The fraction of sp³-hybridized carbons (Fsp3) is 0.778. The Balaban J connectivity index is 0.00000784. The maximum Gasteiger partial charge on any atom is 0.0383 e. The molecular weight excluding hydrogens is 465 g/mol. The lowest BCUT2D eigenvalue weighted by Crippen LogP contribution is -2.33. The van der Waals surface area contributed by atoms with Crippen molar-refractivity contribution in [2.45, 2.75) is 135 Å². The summed E-state index contributed by atoms with van der Waals surface area (Å²) in [5.74, 6) is 0.